The number of aliphatic hydroxyl groups excluding tert-OH is 1. The smallest absolute Gasteiger partial charge is 0.254 e. The molecule has 1 rings (SSSR count). The number of nitrogens with one attached hydrogen (secondary N) is 1. The van der Waals surface area contributed by atoms with Gasteiger partial charge in [0.2, 0.25) is 0 Å². The number of nitrogens with zero attached hydrogens (tertiary/aromatic N) is 1. The topological polar surface area (TPSA) is 62.2 Å². The van der Waals surface area contributed by atoms with Crippen molar-refractivity contribution in [2.75, 3.05) is 6.61 Å². The van der Waals surface area contributed by atoms with Crippen molar-refractivity contribution in [1.29, 1.82) is 0 Å². The fraction of sp³-hybridized carbons (Fsp3) is 0.455. The Morgan fingerprint density at radius 3 is 3.06 bits per heavy atom. The second kappa shape index (κ2) is 6.93. The largest absolute Gasteiger partial charge is 0.396 e. The summed E-state index contributed by atoms with van der Waals surface area (Å²) in [5.41, 5.74) is 0.344. The lowest BCUT2D eigenvalue weighted by Gasteiger charge is -2.13. The molecule has 2 N–H and O–H groups in total. The lowest BCUT2D eigenvalue weighted by molar-refractivity contribution is 0.0936. The van der Waals surface area contributed by atoms with Crippen molar-refractivity contribution < 1.29 is 9.90 Å². The highest BCUT2D eigenvalue weighted by molar-refractivity contribution is 9.10. The van der Waals surface area contributed by atoms with Crippen molar-refractivity contribution >= 4 is 33.4 Å². The summed E-state index contributed by atoms with van der Waals surface area (Å²) in [6, 6.07) is 1.62. The normalized spacial score (nSPS) is 12.2. The first-order valence-corrected chi connectivity index (χ1v) is 6.44. The molecular formula is C11H14BrClN2O2. The molecule has 0 aliphatic carbocycles. The number of amides is 1. The van der Waals surface area contributed by atoms with Crippen molar-refractivity contribution in [2.45, 2.75) is 25.8 Å². The number of carbonyl (C=O) groups excluding carboxylic acids is 1. The highest BCUT2D eigenvalue weighted by atomic mass is 79.9. The summed E-state index contributed by atoms with van der Waals surface area (Å²) in [6.45, 7) is 2.01. The second-order valence-corrected chi connectivity index (χ2v) is 5.01. The van der Waals surface area contributed by atoms with E-state index in [4.69, 9.17) is 16.7 Å². The molecule has 94 valence electrons. The fourth-order valence-corrected chi connectivity index (χ4v) is 1.87. The van der Waals surface area contributed by atoms with Gasteiger partial charge in [-0.15, -0.1) is 0 Å². The third-order valence-electron chi connectivity index (χ3n) is 2.22. The van der Waals surface area contributed by atoms with Crippen molar-refractivity contribution in [3.8, 4) is 0 Å². The van der Waals surface area contributed by atoms with Crippen LogP contribution in [-0.2, 0) is 0 Å². The van der Waals surface area contributed by atoms with Crippen LogP contribution < -0.4 is 5.32 Å². The summed E-state index contributed by atoms with van der Waals surface area (Å²) < 4.78 is 0.704. The first-order valence-electron chi connectivity index (χ1n) is 5.27. The van der Waals surface area contributed by atoms with Gasteiger partial charge in [-0.05, 0) is 41.8 Å². The minimum Gasteiger partial charge on any atom is -0.396 e. The van der Waals surface area contributed by atoms with Crippen LogP contribution in [0.3, 0.4) is 0 Å². The summed E-state index contributed by atoms with van der Waals surface area (Å²) >= 11 is 9.08. The molecule has 1 unspecified atom stereocenters. The highest BCUT2D eigenvalue weighted by Crippen LogP contribution is 2.18. The quantitative estimate of drug-likeness (QED) is 0.819. The Balaban J connectivity index is 2.66. The van der Waals surface area contributed by atoms with Crippen LogP contribution in [0.4, 0.5) is 0 Å². The van der Waals surface area contributed by atoms with Crippen molar-refractivity contribution in [1.82, 2.24) is 10.3 Å². The number of hydrogen-bond acceptors (Lipinski definition) is 3. The molecule has 1 heterocycles. The van der Waals surface area contributed by atoms with E-state index in [-0.39, 0.29) is 23.7 Å². The standard InChI is InChI=1S/C11H14BrClN2O2/c1-7(3-2-4-16)15-11(17)9-5-8(12)6-14-10(9)13/h5-7,16H,2-4H2,1H3,(H,15,17). The van der Waals surface area contributed by atoms with E-state index in [2.05, 4.69) is 26.2 Å². The maximum Gasteiger partial charge on any atom is 0.254 e. The van der Waals surface area contributed by atoms with E-state index in [1.54, 1.807) is 6.07 Å². The Kier molecular flexibility index (Phi) is 5.88. The molecule has 0 aliphatic heterocycles. The van der Waals surface area contributed by atoms with E-state index >= 15 is 0 Å². The molecule has 0 radical (unpaired) electrons. The minimum atomic E-state index is -0.255. The number of pyridine rings is 1. The fourth-order valence-electron chi connectivity index (χ4n) is 1.35. The zero-order valence-electron chi connectivity index (χ0n) is 9.41. The van der Waals surface area contributed by atoms with Crippen LogP contribution in [-0.4, -0.2) is 28.6 Å². The minimum absolute atomic E-state index is 0.00954. The first kappa shape index (κ1) is 14.4. The molecule has 0 bridgehead atoms. The van der Waals surface area contributed by atoms with Gasteiger partial charge in [0, 0.05) is 23.3 Å². The van der Waals surface area contributed by atoms with Crippen LogP contribution in [0.2, 0.25) is 5.15 Å². The molecule has 0 aliphatic rings. The molecule has 0 saturated carbocycles. The summed E-state index contributed by atoms with van der Waals surface area (Å²) in [7, 11) is 0. The Labute approximate surface area is 114 Å². The molecule has 6 heteroatoms. The number of hydrogen-bond donors (Lipinski definition) is 2. The average Bonchev–Trinajstić information content (AvgIpc) is 2.29. The lowest BCUT2D eigenvalue weighted by Crippen LogP contribution is -2.33. The van der Waals surface area contributed by atoms with E-state index in [9.17, 15) is 4.79 Å². The molecule has 0 spiro atoms. The molecular weight excluding hydrogens is 307 g/mol. The molecule has 1 atom stereocenters. The van der Waals surface area contributed by atoms with Gasteiger partial charge in [0.15, 0.2) is 0 Å². The number of aromatic nitrogens is 1. The molecule has 1 aromatic rings. The van der Waals surface area contributed by atoms with Crippen LogP contribution in [0.15, 0.2) is 16.7 Å². The zero-order valence-corrected chi connectivity index (χ0v) is 11.8. The number of carbonyl (C=O) groups is 1. The van der Waals surface area contributed by atoms with Gasteiger partial charge in [-0.1, -0.05) is 11.6 Å². The Morgan fingerprint density at radius 1 is 1.71 bits per heavy atom. The molecule has 17 heavy (non-hydrogen) atoms. The van der Waals surface area contributed by atoms with E-state index < -0.39 is 0 Å². The number of aliphatic hydroxyl groups is 1. The van der Waals surface area contributed by atoms with Crippen LogP contribution in [0.1, 0.15) is 30.1 Å². The third-order valence-corrected chi connectivity index (χ3v) is 2.96. The van der Waals surface area contributed by atoms with Crippen molar-refractivity contribution in [2.24, 2.45) is 0 Å². The number of rotatable bonds is 5. The van der Waals surface area contributed by atoms with Gasteiger partial charge in [-0.25, -0.2) is 4.98 Å². The maximum atomic E-state index is 11.9. The van der Waals surface area contributed by atoms with Crippen molar-refractivity contribution in [3.05, 3.63) is 27.5 Å². The van der Waals surface area contributed by atoms with Crippen LogP contribution in [0, 0.1) is 0 Å². The van der Waals surface area contributed by atoms with Gasteiger partial charge in [0.1, 0.15) is 5.15 Å². The van der Waals surface area contributed by atoms with Gasteiger partial charge >= 0.3 is 0 Å². The molecule has 1 aromatic heterocycles. The van der Waals surface area contributed by atoms with E-state index in [0.29, 0.717) is 16.5 Å². The summed E-state index contributed by atoms with van der Waals surface area (Å²) in [6.07, 6.45) is 2.92. The van der Waals surface area contributed by atoms with Gasteiger partial charge < -0.3 is 10.4 Å². The Bertz CT molecular complexity index is 401. The monoisotopic (exact) mass is 320 g/mol. The van der Waals surface area contributed by atoms with Crippen molar-refractivity contribution in [3.63, 3.8) is 0 Å². The average molecular weight is 322 g/mol. The lowest BCUT2D eigenvalue weighted by atomic mass is 10.1. The first-order chi connectivity index (χ1) is 8.04. The molecule has 0 fully saturated rings. The predicted molar refractivity (Wildman–Crippen MR) is 70.2 cm³/mol. The molecule has 1 amide bonds. The summed E-state index contributed by atoms with van der Waals surface area (Å²) in [5.74, 6) is -0.255. The Hall–Kier alpha value is -0.650. The predicted octanol–water partition coefficient (Wildman–Crippen LogP) is 2.39. The maximum absolute atomic E-state index is 11.9. The summed E-state index contributed by atoms with van der Waals surface area (Å²) in [5, 5.41) is 11.7. The van der Waals surface area contributed by atoms with Gasteiger partial charge in [0.25, 0.3) is 5.91 Å². The Morgan fingerprint density at radius 2 is 2.41 bits per heavy atom. The van der Waals surface area contributed by atoms with E-state index in [0.717, 1.165) is 6.42 Å². The second-order valence-electron chi connectivity index (χ2n) is 3.73. The molecule has 0 saturated heterocycles. The summed E-state index contributed by atoms with van der Waals surface area (Å²) in [4.78, 5) is 15.8. The van der Waals surface area contributed by atoms with Gasteiger partial charge in [0.05, 0.1) is 5.56 Å². The van der Waals surface area contributed by atoms with Crippen LogP contribution in [0.5, 0.6) is 0 Å². The molecule has 0 aromatic carbocycles. The SMILES string of the molecule is CC(CCCO)NC(=O)c1cc(Br)cnc1Cl. The number of halogens is 2. The van der Waals surface area contributed by atoms with Crippen LogP contribution in [0.25, 0.3) is 0 Å². The zero-order chi connectivity index (χ0) is 12.8. The van der Waals surface area contributed by atoms with E-state index in [1.807, 2.05) is 6.92 Å². The van der Waals surface area contributed by atoms with Crippen LogP contribution >= 0.6 is 27.5 Å². The van der Waals surface area contributed by atoms with Gasteiger partial charge in [-0.3, -0.25) is 4.79 Å². The van der Waals surface area contributed by atoms with E-state index in [1.165, 1.54) is 6.20 Å². The van der Waals surface area contributed by atoms with Gasteiger partial charge in [-0.2, -0.15) is 0 Å². The molecule has 4 nitrogen and oxygen atoms in total. The third kappa shape index (κ3) is 4.61. The highest BCUT2D eigenvalue weighted by Gasteiger charge is 2.14.